The number of carbonyl (C=O) groups is 1. The summed E-state index contributed by atoms with van der Waals surface area (Å²) in [7, 11) is 1.42. The Kier molecular flexibility index (Phi) is 3.89. The first-order valence-corrected chi connectivity index (χ1v) is 5.01. The lowest BCUT2D eigenvalue weighted by Gasteiger charge is -2.39. The number of rotatable bonds is 2. The Morgan fingerprint density at radius 2 is 2.21 bits per heavy atom. The Bertz CT molecular complexity index is 208. The van der Waals surface area contributed by atoms with Gasteiger partial charge >= 0.3 is 5.97 Å². The van der Waals surface area contributed by atoms with Crippen molar-refractivity contribution in [2.75, 3.05) is 20.3 Å². The average molecular weight is 201 g/mol. The number of morpholine rings is 1. The fourth-order valence-electron chi connectivity index (χ4n) is 1.77. The van der Waals surface area contributed by atoms with Crippen molar-refractivity contribution in [1.29, 1.82) is 0 Å². The van der Waals surface area contributed by atoms with E-state index in [0.29, 0.717) is 6.61 Å². The molecule has 0 aromatic heterocycles. The third-order valence-corrected chi connectivity index (χ3v) is 2.70. The van der Waals surface area contributed by atoms with Crippen LogP contribution in [0, 0.1) is 0 Å². The summed E-state index contributed by atoms with van der Waals surface area (Å²) in [6.07, 6.45) is 0.193. The largest absolute Gasteiger partial charge is 0.468 e. The maximum absolute atomic E-state index is 11.4. The Labute approximate surface area is 85.2 Å². The molecule has 3 atom stereocenters. The van der Waals surface area contributed by atoms with Gasteiger partial charge in [-0.15, -0.1) is 0 Å². The third-order valence-electron chi connectivity index (χ3n) is 2.70. The maximum Gasteiger partial charge on any atom is 0.322 e. The molecule has 4 heteroatoms. The summed E-state index contributed by atoms with van der Waals surface area (Å²) in [5, 5.41) is 0. The molecule has 1 aliphatic heterocycles. The van der Waals surface area contributed by atoms with Gasteiger partial charge in [-0.3, -0.25) is 9.69 Å². The highest BCUT2D eigenvalue weighted by Crippen LogP contribution is 2.15. The van der Waals surface area contributed by atoms with Crippen molar-refractivity contribution in [3.63, 3.8) is 0 Å². The normalized spacial score (nSPS) is 31.1. The van der Waals surface area contributed by atoms with Gasteiger partial charge in [0, 0.05) is 12.6 Å². The molecular weight excluding hydrogens is 182 g/mol. The maximum atomic E-state index is 11.4. The molecular formula is C10H19NO3. The summed E-state index contributed by atoms with van der Waals surface area (Å²) in [5.74, 6) is -0.175. The monoisotopic (exact) mass is 201 g/mol. The minimum Gasteiger partial charge on any atom is -0.468 e. The highest BCUT2D eigenvalue weighted by Gasteiger charge is 2.31. The van der Waals surface area contributed by atoms with E-state index in [2.05, 4.69) is 11.8 Å². The molecule has 4 nitrogen and oxygen atoms in total. The van der Waals surface area contributed by atoms with Crippen LogP contribution in [-0.2, 0) is 14.3 Å². The number of carbonyl (C=O) groups excluding carboxylic acids is 1. The number of hydrogen-bond acceptors (Lipinski definition) is 4. The molecule has 1 fully saturated rings. The van der Waals surface area contributed by atoms with Crippen molar-refractivity contribution in [3.8, 4) is 0 Å². The van der Waals surface area contributed by atoms with Gasteiger partial charge in [-0.1, -0.05) is 0 Å². The lowest BCUT2D eigenvalue weighted by molar-refractivity contribution is -0.151. The second-order valence-electron chi connectivity index (χ2n) is 3.89. The zero-order chi connectivity index (χ0) is 10.7. The first kappa shape index (κ1) is 11.5. The molecule has 1 heterocycles. The van der Waals surface area contributed by atoms with Crippen LogP contribution in [0.1, 0.15) is 20.8 Å². The van der Waals surface area contributed by atoms with Gasteiger partial charge in [-0.25, -0.2) is 0 Å². The van der Waals surface area contributed by atoms with Crippen LogP contribution in [0.25, 0.3) is 0 Å². The molecule has 1 rings (SSSR count). The van der Waals surface area contributed by atoms with Crippen molar-refractivity contribution in [1.82, 2.24) is 4.90 Å². The van der Waals surface area contributed by atoms with Crippen molar-refractivity contribution < 1.29 is 14.3 Å². The second kappa shape index (κ2) is 4.75. The fourth-order valence-corrected chi connectivity index (χ4v) is 1.77. The summed E-state index contributed by atoms with van der Waals surface area (Å²) in [6.45, 7) is 7.43. The molecule has 0 amide bonds. The van der Waals surface area contributed by atoms with E-state index >= 15 is 0 Å². The topological polar surface area (TPSA) is 38.8 Å². The van der Waals surface area contributed by atoms with Crippen LogP contribution in [-0.4, -0.2) is 49.3 Å². The molecule has 82 valence electrons. The van der Waals surface area contributed by atoms with Crippen molar-refractivity contribution in [2.45, 2.75) is 39.0 Å². The molecule has 3 unspecified atom stereocenters. The minimum atomic E-state index is -0.179. The molecule has 1 aliphatic rings. The highest BCUT2D eigenvalue weighted by atomic mass is 16.5. The molecule has 0 N–H and O–H groups in total. The molecule has 0 bridgehead atoms. The minimum absolute atomic E-state index is 0.175. The Morgan fingerprint density at radius 3 is 2.79 bits per heavy atom. The van der Waals surface area contributed by atoms with Gasteiger partial charge in [0.15, 0.2) is 0 Å². The lowest BCUT2D eigenvalue weighted by Crippen LogP contribution is -2.53. The van der Waals surface area contributed by atoms with E-state index in [1.54, 1.807) is 0 Å². The van der Waals surface area contributed by atoms with Crippen molar-refractivity contribution >= 4 is 5.97 Å². The smallest absolute Gasteiger partial charge is 0.322 e. The van der Waals surface area contributed by atoms with E-state index in [4.69, 9.17) is 9.47 Å². The molecule has 0 aromatic carbocycles. The SMILES string of the molecule is COC(=O)C(C)N1CC(C)OCC1C. The molecule has 0 aromatic rings. The molecule has 1 saturated heterocycles. The van der Waals surface area contributed by atoms with Gasteiger partial charge in [-0.05, 0) is 20.8 Å². The molecule has 0 radical (unpaired) electrons. The number of nitrogens with zero attached hydrogens (tertiary/aromatic N) is 1. The predicted octanol–water partition coefficient (Wildman–Crippen LogP) is 0.657. The number of methoxy groups -OCH3 is 1. The number of ether oxygens (including phenoxy) is 2. The van der Waals surface area contributed by atoms with Gasteiger partial charge < -0.3 is 9.47 Å². The quantitative estimate of drug-likeness (QED) is 0.615. The van der Waals surface area contributed by atoms with E-state index in [1.807, 2.05) is 13.8 Å². The number of esters is 1. The first-order chi connectivity index (χ1) is 6.56. The van der Waals surface area contributed by atoms with Crippen LogP contribution >= 0.6 is 0 Å². The van der Waals surface area contributed by atoms with Gasteiger partial charge in [-0.2, -0.15) is 0 Å². The third kappa shape index (κ3) is 2.45. The van der Waals surface area contributed by atoms with Crippen LogP contribution in [0.3, 0.4) is 0 Å². The molecule has 0 spiro atoms. The zero-order valence-electron chi connectivity index (χ0n) is 9.32. The predicted molar refractivity (Wildman–Crippen MR) is 53.1 cm³/mol. The highest BCUT2D eigenvalue weighted by molar-refractivity contribution is 5.75. The molecule has 0 aliphatic carbocycles. The van der Waals surface area contributed by atoms with Gasteiger partial charge in [0.25, 0.3) is 0 Å². The van der Waals surface area contributed by atoms with Gasteiger partial charge in [0.05, 0.1) is 19.8 Å². The van der Waals surface area contributed by atoms with Crippen LogP contribution < -0.4 is 0 Å². The Morgan fingerprint density at radius 1 is 1.57 bits per heavy atom. The van der Waals surface area contributed by atoms with E-state index in [9.17, 15) is 4.79 Å². The fraction of sp³-hybridized carbons (Fsp3) is 0.900. The zero-order valence-corrected chi connectivity index (χ0v) is 9.32. The van der Waals surface area contributed by atoms with Crippen LogP contribution in [0.2, 0.25) is 0 Å². The summed E-state index contributed by atoms with van der Waals surface area (Å²) in [6, 6.07) is 0.0987. The summed E-state index contributed by atoms with van der Waals surface area (Å²) in [4.78, 5) is 13.5. The van der Waals surface area contributed by atoms with Gasteiger partial charge in [0.2, 0.25) is 0 Å². The van der Waals surface area contributed by atoms with Crippen molar-refractivity contribution in [2.24, 2.45) is 0 Å². The number of hydrogen-bond donors (Lipinski definition) is 0. The van der Waals surface area contributed by atoms with Crippen LogP contribution in [0.5, 0.6) is 0 Å². The summed E-state index contributed by atoms with van der Waals surface area (Å²) < 4.78 is 10.2. The molecule has 0 saturated carbocycles. The van der Waals surface area contributed by atoms with E-state index in [1.165, 1.54) is 7.11 Å². The second-order valence-corrected chi connectivity index (χ2v) is 3.89. The van der Waals surface area contributed by atoms with Gasteiger partial charge in [0.1, 0.15) is 6.04 Å². The standard InChI is InChI=1S/C10H19NO3/c1-7-6-14-8(2)5-11(7)9(3)10(12)13-4/h7-9H,5-6H2,1-4H3. The molecule has 14 heavy (non-hydrogen) atoms. The summed E-state index contributed by atoms with van der Waals surface area (Å²) in [5.41, 5.74) is 0. The average Bonchev–Trinajstić information content (AvgIpc) is 2.19. The van der Waals surface area contributed by atoms with E-state index in [-0.39, 0.29) is 24.2 Å². The van der Waals surface area contributed by atoms with Crippen molar-refractivity contribution in [3.05, 3.63) is 0 Å². The first-order valence-electron chi connectivity index (χ1n) is 5.01. The Hall–Kier alpha value is -0.610. The lowest BCUT2D eigenvalue weighted by atomic mass is 10.1. The summed E-state index contributed by atoms with van der Waals surface area (Å²) >= 11 is 0. The van der Waals surface area contributed by atoms with E-state index < -0.39 is 0 Å². The van der Waals surface area contributed by atoms with Crippen LogP contribution in [0.15, 0.2) is 0 Å². The van der Waals surface area contributed by atoms with Crippen LogP contribution in [0.4, 0.5) is 0 Å². The van der Waals surface area contributed by atoms with E-state index in [0.717, 1.165) is 6.54 Å². The Balaban J connectivity index is 2.59.